The molecular formula is C19H15FN2O2S. The van der Waals surface area contributed by atoms with Crippen LogP contribution in [0.3, 0.4) is 0 Å². The number of methoxy groups -OCH3 is 1. The van der Waals surface area contributed by atoms with E-state index >= 15 is 0 Å². The van der Waals surface area contributed by atoms with E-state index in [2.05, 4.69) is 10.3 Å². The van der Waals surface area contributed by atoms with Crippen LogP contribution in [0.4, 0.5) is 9.52 Å². The molecule has 0 unspecified atom stereocenters. The van der Waals surface area contributed by atoms with E-state index in [4.69, 9.17) is 4.74 Å². The first-order chi connectivity index (χ1) is 12.1. The van der Waals surface area contributed by atoms with Crippen LogP contribution in [0.2, 0.25) is 0 Å². The number of fused-ring (bicyclic) bond motifs is 3. The minimum Gasteiger partial charge on any atom is -0.497 e. The van der Waals surface area contributed by atoms with E-state index in [1.165, 1.54) is 35.1 Å². The fourth-order valence-electron chi connectivity index (χ4n) is 2.97. The normalized spacial score (nSPS) is 12.2. The van der Waals surface area contributed by atoms with Crippen molar-refractivity contribution in [1.29, 1.82) is 0 Å². The SMILES string of the molecule is COc1ccc2c(c1)CCc1sc(NC(=O)c3cccc(F)c3)nc1-2. The van der Waals surface area contributed by atoms with E-state index in [1.54, 1.807) is 13.2 Å². The number of benzene rings is 2. The highest BCUT2D eigenvalue weighted by atomic mass is 32.1. The van der Waals surface area contributed by atoms with Crippen LogP contribution >= 0.6 is 11.3 Å². The van der Waals surface area contributed by atoms with Gasteiger partial charge in [-0.3, -0.25) is 10.1 Å². The summed E-state index contributed by atoms with van der Waals surface area (Å²) in [7, 11) is 1.65. The summed E-state index contributed by atoms with van der Waals surface area (Å²) in [5.74, 6) is 0.0339. The molecule has 1 aliphatic carbocycles. The number of hydrogen-bond donors (Lipinski definition) is 1. The number of halogens is 1. The number of nitrogens with one attached hydrogen (secondary N) is 1. The molecule has 0 radical (unpaired) electrons. The summed E-state index contributed by atoms with van der Waals surface area (Å²) in [6, 6.07) is 11.6. The summed E-state index contributed by atoms with van der Waals surface area (Å²) in [6.45, 7) is 0. The Balaban J connectivity index is 1.62. The molecule has 0 aliphatic heterocycles. The van der Waals surface area contributed by atoms with E-state index in [0.29, 0.717) is 5.13 Å². The molecule has 1 amide bonds. The van der Waals surface area contributed by atoms with Crippen molar-refractivity contribution in [3.05, 3.63) is 64.3 Å². The van der Waals surface area contributed by atoms with Gasteiger partial charge in [-0.05, 0) is 54.8 Å². The second-order valence-corrected chi connectivity index (χ2v) is 6.86. The number of anilines is 1. The zero-order valence-electron chi connectivity index (χ0n) is 13.5. The molecule has 1 aliphatic rings. The number of thiazole rings is 1. The molecule has 0 spiro atoms. The number of ether oxygens (including phenoxy) is 1. The third-order valence-corrected chi connectivity index (χ3v) is 5.22. The fraction of sp³-hybridized carbons (Fsp3) is 0.158. The number of hydrogen-bond acceptors (Lipinski definition) is 4. The molecule has 1 aromatic heterocycles. The number of carbonyl (C=O) groups excluding carboxylic acids is 1. The van der Waals surface area contributed by atoms with Gasteiger partial charge in [0, 0.05) is 16.0 Å². The summed E-state index contributed by atoms with van der Waals surface area (Å²) in [5, 5.41) is 3.30. The lowest BCUT2D eigenvalue weighted by atomic mass is 9.93. The van der Waals surface area contributed by atoms with E-state index < -0.39 is 5.82 Å². The molecule has 4 nitrogen and oxygen atoms in total. The minimum atomic E-state index is -0.436. The lowest BCUT2D eigenvalue weighted by Crippen LogP contribution is -2.11. The van der Waals surface area contributed by atoms with Crippen molar-refractivity contribution in [2.75, 3.05) is 12.4 Å². The summed E-state index contributed by atoms with van der Waals surface area (Å²) in [5.41, 5.74) is 3.45. The summed E-state index contributed by atoms with van der Waals surface area (Å²) in [4.78, 5) is 18.0. The van der Waals surface area contributed by atoms with E-state index in [-0.39, 0.29) is 11.5 Å². The largest absolute Gasteiger partial charge is 0.497 e. The Morgan fingerprint density at radius 2 is 2.12 bits per heavy atom. The Morgan fingerprint density at radius 1 is 1.24 bits per heavy atom. The topological polar surface area (TPSA) is 51.2 Å². The first-order valence-electron chi connectivity index (χ1n) is 7.88. The average Bonchev–Trinajstić information content (AvgIpc) is 3.04. The van der Waals surface area contributed by atoms with Crippen molar-refractivity contribution in [3.8, 4) is 17.0 Å². The maximum absolute atomic E-state index is 13.3. The van der Waals surface area contributed by atoms with E-state index in [9.17, 15) is 9.18 Å². The average molecular weight is 354 g/mol. The maximum atomic E-state index is 13.3. The predicted molar refractivity (Wildman–Crippen MR) is 95.9 cm³/mol. The fourth-order valence-corrected chi connectivity index (χ4v) is 3.94. The number of amides is 1. The smallest absolute Gasteiger partial charge is 0.257 e. The van der Waals surface area contributed by atoms with Gasteiger partial charge in [0.2, 0.25) is 0 Å². The zero-order valence-corrected chi connectivity index (χ0v) is 14.3. The van der Waals surface area contributed by atoms with Gasteiger partial charge < -0.3 is 4.74 Å². The van der Waals surface area contributed by atoms with Crippen molar-refractivity contribution in [2.24, 2.45) is 0 Å². The quantitative estimate of drug-likeness (QED) is 0.763. The van der Waals surface area contributed by atoms with Gasteiger partial charge in [0.1, 0.15) is 11.6 Å². The standard InChI is InChI=1S/C19H15FN2O2S/c1-24-14-6-7-15-11(10-14)5-8-16-17(15)21-19(25-16)22-18(23)12-3-2-4-13(20)9-12/h2-4,6-7,9-10H,5,8H2,1H3,(H,21,22,23). The predicted octanol–water partition coefficient (Wildman–Crippen LogP) is 4.31. The summed E-state index contributed by atoms with van der Waals surface area (Å²) >= 11 is 1.47. The van der Waals surface area contributed by atoms with Gasteiger partial charge in [0.25, 0.3) is 5.91 Å². The second-order valence-electron chi connectivity index (χ2n) is 5.78. The molecule has 3 aromatic rings. The van der Waals surface area contributed by atoms with Crippen molar-refractivity contribution in [2.45, 2.75) is 12.8 Å². The number of aromatic nitrogens is 1. The van der Waals surface area contributed by atoms with Crippen LogP contribution < -0.4 is 10.1 Å². The van der Waals surface area contributed by atoms with Crippen molar-refractivity contribution >= 4 is 22.4 Å². The molecule has 4 rings (SSSR count). The first kappa shape index (κ1) is 15.8. The molecule has 0 saturated heterocycles. The second kappa shape index (κ2) is 6.29. The molecule has 0 bridgehead atoms. The van der Waals surface area contributed by atoms with Gasteiger partial charge >= 0.3 is 0 Å². The monoisotopic (exact) mass is 354 g/mol. The lowest BCUT2D eigenvalue weighted by molar-refractivity contribution is 0.102. The zero-order chi connectivity index (χ0) is 17.4. The van der Waals surface area contributed by atoms with E-state index in [0.717, 1.165) is 34.7 Å². The number of rotatable bonds is 3. The first-order valence-corrected chi connectivity index (χ1v) is 8.69. The van der Waals surface area contributed by atoms with E-state index in [1.807, 2.05) is 18.2 Å². The van der Waals surface area contributed by atoms with Crippen LogP contribution in [-0.4, -0.2) is 18.0 Å². The highest BCUT2D eigenvalue weighted by molar-refractivity contribution is 7.16. The van der Waals surface area contributed by atoms with Gasteiger partial charge in [-0.2, -0.15) is 0 Å². The Hall–Kier alpha value is -2.73. The van der Waals surface area contributed by atoms with Gasteiger partial charge in [-0.15, -0.1) is 11.3 Å². The van der Waals surface area contributed by atoms with Crippen molar-refractivity contribution < 1.29 is 13.9 Å². The number of carbonyl (C=O) groups is 1. The molecular weight excluding hydrogens is 339 g/mol. The molecule has 0 saturated carbocycles. The van der Waals surface area contributed by atoms with Crippen LogP contribution in [0, 0.1) is 5.82 Å². The molecule has 1 N–H and O–H groups in total. The van der Waals surface area contributed by atoms with Crippen LogP contribution in [-0.2, 0) is 12.8 Å². The number of nitrogens with zero attached hydrogens (tertiary/aromatic N) is 1. The molecule has 126 valence electrons. The molecule has 25 heavy (non-hydrogen) atoms. The molecule has 0 atom stereocenters. The highest BCUT2D eigenvalue weighted by Crippen LogP contribution is 2.39. The number of aryl methyl sites for hydroxylation is 2. The van der Waals surface area contributed by atoms with Crippen LogP contribution in [0.25, 0.3) is 11.3 Å². The lowest BCUT2D eigenvalue weighted by Gasteiger charge is -2.15. The van der Waals surface area contributed by atoms with Crippen LogP contribution in [0.15, 0.2) is 42.5 Å². The minimum absolute atomic E-state index is 0.276. The van der Waals surface area contributed by atoms with Crippen molar-refractivity contribution in [3.63, 3.8) is 0 Å². The molecule has 1 heterocycles. The van der Waals surface area contributed by atoms with Crippen molar-refractivity contribution in [1.82, 2.24) is 4.98 Å². The Labute approximate surface area is 148 Å². The van der Waals surface area contributed by atoms with Crippen LogP contribution in [0.1, 0.15) is 20.8 Å². The summed E-state index contributed by atoms with van der Waals surface area (Å²) < 4.78 is 18.6. The van der Waals surface area contributed by atoms with Gasteiger partial charge in [0.15, 0.2) is 5.13 Å². The van der Waals surface area contributed by atoms with Gasteiger partial charge in [-0.1, -0.05) is 6.07 Å². The molecule has 0 fully saturated rings. The van der Waals surface area contributed by atoms with Crippen LogP contribution in [0.5, 0.6) is 5.75 Å². The molecule has 2 aromatic carbocycles. The summed E-state index contributed by atoms with van der Waals surface area (Å²) in [6.07, 6.45) is 1.79. The Kier molecular flexibility index (Phi) is 3.97. The van der Waals surface area contributed by atoms with Gasteiger partial charge in [-0.25, -0.2) is 9.37 Å². The molecule has 6 heteroatoms. The third-order valence-electron chi connectivity index (χ3n) is 4.19. The third kappa shape index (κ3) is 3.00. The Bertz CT molecular complexity index is 968. The maximum Gasteiger partial charge on any atom is 0.257 e. The van der Waals surface area contributed by atoms with Gasteiger partial charge in [0.05, 0.1) is 12.8 Å². The Morgan fingerprint density at radius 3 is 2.92 bits per heavy atom. The highest BCUT2D eigenvalue weighted by Gasteiger charge is 2.22.